The van der Waals surface area contributed by atoms with Crippen LogP contribution in [0, 0.1) is 18.6 Å². The first-order valence-corrected chi connectivity index (χ1v) is 10.1. The predicted octanol–water partition coefficient (Wildman–Crippen LogP) is 2.98. The number of benzene rings is 2. The van der Waals surface area contributed by atoms with Crippen LogP contribution in [-0.4, -0.2) is 33.1 Å². The lowest BCUT2D eigenvalue weighted by Gasteiger charge is -2.23. The number of anilines is 1. The number of carbonyl (C=O) groups excluding carboxylic acids is 1. The first-order valence-electron chi connectivity index (χ1n) is 8.58. The largest absolute Gasteiger partial charge is 0.379 e. The van der Waals surface area contributed by atoms with E-state index >= 15 is 0 Å². The number of hydrogen-bond donors (Lipinski definition) is 2. The van der Waals surface area contributed by atoms with Crippen molar-refractivity contribution in [1.82, 2.24) is 4.72 Å². The number of sulfonamides is 1. The van der Waals surface area contributed by atoms with E-state index in [0.717, 1.165) is 18.2 Å². The highest BCUT2D eigenvalue weighted by molar-refractivity contribution is 7.89. The van der Waals surface area contributed by atoms with Gasteiger partial charge in [0, 0.05) is 17.9 Å². The number of hydrogen-bond acceptors (Lipinski definition) is 4. The van der Waals surface area contributed by atoms with Gasteiger partial charge in [-0.25, -0.2) is 21.9 Å². The van der Waals surface area contributed by atoms with Crippen LogP contribution in [0.3, 0.4) is 0 Å². The van der Waals surface area contributed by atoms with Crippen molar-refractivity contribution < 1.29 is 26.7 Å². The highest BCUT2D eigenvalue weighted by atomic mass is 32.2. The molecule has 1 fully saturated rings. The molecule has 0 bridgehead atoms. The van der Waals surface area contributed by atoms with Gasteiger partial charge in [-0.05, 0) is 62.2 Å². The van der Waals surface area contributed by atoms with Gasteiger partial charge in [0.2, 0.25) is 10.0 Å². The van der Waals surface area contributed by atoms with E-state index in [0.29, 0.717) is 24.3 Å². The average Bonchev–Trinajstić information content (AvgIpc) is 3.03. The van der Waals surface area contributed by atoms with E-state index < -0.39 is 33.1 Å². The summed E-state index contributed by atoms with van der Waals surface area (Å²) in [6, 6.07) is 6.86. The maximum atomic E-state index is 14.0. The summed E-state index contributed by atoms with van der Waals surface area (Å²) in [7, 11) is -4.07. The molecule has 6 nitrogen and oxygen atoms in total. The van der Waals surface area contributed by atoms with Crippen LogP contribution in [0.25, 0.3) is 0 Å². The van der Waals surface area contributed by atoms with Gasteiger partial charge in [0.1, 0.15) is 11.6 Å². The van der Waals surface area contributed by atoms with Crippen LogP contribution in [0.5, 0.6) is 0 Å². The van der Waals surface area contributed by atoms with E-state index in [9.17, 15) is 22.0 Å². The third-order valence-electron chi connectivity index (χ3n) is 4.46. The van der Waals surface area contributed by atoms with Crippen LogP contribution in [0.4, 0.5) is 14.5 Å². The standard InChI is InChI=1S/C19H20F2N2O4S/c1-12-7-15(3-4-17(12)21)22-18(24)13-8-14(20)10-16(9-13)28(25,26)23-19(2)5-6-27-11-19/h3-4,7-10,23H,5-6,11H2,1-2H3,(H,22,24). The van der Waals surface area contributed by atoms with Crippen molar-refractivity contribution in [3.05, 3.63) is 59.2 Å². The van der Waals surface area contributed by atoms with Crippen LogP contribution in [0.2, 0.25) is 0 Å². The Morgan fingerprint density at radius 2 is 1.93 bits per heavy atom. The van der Waals surface area contributed by atoms with Crippen molar-refractivity contribution >= 4 is 21.6 Å². The fourth-order valence-electron chi connectivity index (χ4n) is 2.91. The van der Waals surface area contributed by atoms with Gasteiger partial charge in [0.05, 0.1) is 17.0 Å². The zero-order chi connectivity index (χ0) is 20.5. The average molecular weight is 410 g/mol. The van der Waals surface area contributed by atoms with E-state index in [-0.39, 0.29) is 17.1 Å². The smallest absolute Gasteiger partial charge is 0.255 e. The molecule has 1 aliphatic rings. The molecular weight excluding hydrogens is 390 g/mol. The molecule has 0 spiro atoms. The van der Waals surface area contributed by atoms with Crippen LogP contribution in [0.15, 0.2) is 41.3 Å². The Hall–Kier alpha value is -2.36. The molecule has 0 aliphatic carbocycles. The molecule has 1 saturated heterocycles. The molecule has 2 aromatic carbocycles. The van der Waals surface area contributed by atoms with Gasteiger partial charge in [-0.15, -0.1) is 0 Å². The van der Waals surface area contributed by atoms with Gasteiger partial charge in [0.25, 0.3) is 5.91 Å². The molecule has 1 aliphatic heterocycles. The minimum absolute atomic E-state index is 0.171. The molecule has 28 heavy (non-hydrogen) atoms. The summed E-state index contributed by atoms with van der Waals surface area (Å²) < 4.78 is 60.4. The molecule has 2 aromatic rings. The van der Waals surface area contributed by atoms with Crippen LogP contribution >= 0.6 is 0 Å². The van der Waals surface area contributed by atoms with Gasteiger partial charge in [0.15, 0.2) is 0 Å². The third-order valence-corrected chi connectivity index (χ3v) is 6.08. The summed E-state index contributed by atoms with van der Waals surface area (Å²) in [5.41, 5.74) is -0.322. The monoisotopic (exact) mass is 410 g/mol. The number of amides is 1. The maximum absolute atomic E-state index is 14.0. The van der Waals surface area contributed by atoms with Crippen molar-refractivity contribution in [3.8, 4) is 0 Å². The van der Waals surface area contributed by atoms with Crippen LogP contribution in [-0.2, 0) is 14.8 Å². The molecule has 1 amide bonds. The first-order chi connectivity index (χ1) is 13.1. The third kappa shape index (κ3) is 4.54. The first kappa shape index (κ1) is 20.4. The number of nitrogens with one attached hydrogen (secondary N) is 2. The van der Waals surface area contributed by atoms with Crippen molar-refractivity contribution in [3.63, 3.8) is 0 Å². The Bertz CT molecular complexity index is 1020. The topological polar surface area (TPSA) is 84.5 Å². The summed E-state index contributed by atoms with van der Waals surface area (Å²) in [6.45, 7) is 3.86. The molecule has 150 valence electrons. The lowest BCUT2D eigenvalue weighted by atomic mass is 10.0. The van der Waals surface area contributed by atoms with Crippen LogP contribution < -0.4 is 10.0 Å². The number of halogens is 2. The molecule has 9 heteroatoms. The minimum atomic E-state index is -4.07. The molecule has 1 unspecified atom stereocenters. The second kappa shape index (κ2) is 7.57. The summed E-state index contributed by atoms with van der Waals surface area (Å²) in [5.74, 6) is -2.00. The van der Waals surface area contributed by atoms with Gasteiger partial charge < -0.3 is 10.1 Å². The molecule has 3 rings (SSSR count). The van der Waals surface area contributed by atoms with Crippen molar-refractivity contribution in [2.24, 2.45) is 0 Å². The summed E-state index contributed by atoms with van der Waals surface area (Å²) in [5, 5.41) is 2.51. The summed E-state index contributed by atoms with van der Waals surface area (Å²) >= 11 is 0. The lowest BCUT2D eigenvalue weighted by molar-refractivity contribution is 0.102. The van der Waals surface area contributed by atoms with E-state index in [1.807, 2.05) is 0 Å². The molecule has 2 N–H and O–H groups in total. The Balaban J connectivity index is 1.86. The van der Waals surface area contributed by atoms with E-state index in [4.69, 9.17) is 4.74 Å². The molecule has 0 saturated carbocycles. The number of carbonyl (C=O) groups is 1. The zero-order valence-electron chi connectivity index (χ0n) is 15.4. The van der Waals surface area contributed by atoms with E-state index in [2.05, 4.69) is 10.0 Å². The van der Waals surface area contributed by atoms with Crippen molar-refractivity contribution in [2.45, 2.75) is 30.7 Å². The second-order valence-corrected chi connectivity index (χ2v) is 8.74. The lowest BCUT2D eigenvalue weighted by Crippen LogP contribution is -2.46. The van der Waals surface area contributed by atoms with E-state index in [1.54, 1.807) is 6.92 Å². The highest BCUT2D eigenvalue weighted by Gasteiger charge is 2.35. The van der Waals surface area contributed by atoms with Crippen molar-refractivity contribution in [1.29, 1.82) is 0 Å². The Labute approximate surface area is 162 Å². The Morgan fingerprint density at radius 3 is 2.57 bits per heavy atom. The SMILES string of the molecule is Cc1cc(NC(=O)c2cc(F)cc(S(=O)(=O)NC3(C)CCOC3)c2)ccc1F. The fraction of sp³-hybridized carbons (Fsp3) is 0.316. The van der Waals surface area contributed by atoms with Crippen molar-refractivity contribution in [2.75, 3.05) is 18.5 Å². The number of rotatable bonds is 5. The Morgan fingerprint density at radius 1 is 1.18 bits per heavy atom. The Kier molecular flexibility index (Phi) is 5.51. The van der Waals surface area contributed by atoms with E-state index in [1.165, 1.54) is 25.1 Å². The zero-order valence-corrected chi connectivity index (χ0v) is 16.2. The normalized spacial score (nSPS) is 19.6. The van der Waals surface area contributed by atoms with Gasteiger partial charge in [-0.1, -0.05) is 0 Å². The maximum Gasteiger partial charge on any atom is 0.255 e. The van der Waals surface area contributed by atoms with Gasteiger partial charge >= 0.3 is 0 Å². The fourth-order valence-corrected chi connectivity index (χ4v) is 4.38. The molecule has 1 heterocycles. The molecule has 1 atom stereocenters. The number of ether oxygens (including phenoxy) is 1. The molecule has 0 radical (unpaired) electrons. The molecular formula is C19H20F2N2O4S. The second-order valence-electron chi connectivity index (χ2n) is 7.06. The minimum Gasteiger partial charge on any atom is -0.379 e. The molecule has 0 aromatic heterocycles. The summed E-state index contributed by atoms with van der Waals surface area (Å²) in [4.78, 5) is 12.1. The quantitative estimate of drug-likeness (QED) is 0.794. The predicted molar refractivity (Wildman–Crippen MR) is 99.7 cm³/mol. The van der Waals surface area contributed by atoms with Crippen LogP contribution in [0.1, 0.15) is 29.3 Å². The van der Waals surface area contributed by atoms with Gasteiger partial charge in [-0.2, -0.15) is 0 Å². The summed E-state index contributed by atoms with van der Waals surface area (Å²) in [6.07, 6.45) is 0.485. The number of aryl methyl sites for hydroxylation is 1. The highest BCUT2D eigenvalue weighted by Crippen LogP contribution is 2.23. The van der Waals surface area contributed by atoms with Gasteiger partial charge in [-0.3, -0.25) is 4.79 Å².